The summed E-state index contributed by atoms with van der Waals surface area (Å²) < 4.78 is 33.9. The van der Waals surface area contributed by atoms with Crippen molar-refractivity contribution in [2.45, 2.75) is 24.3 Å². The topological polar surface area (TPSA) is 46.6 Å². The number of piperidine rings is 1. The van der Waals surface area contributed by atoms with Crippen molar-refractivity contribution >= 4 is 26.0 Å². The van der Waals surface area contributed by atoms with Crippen LogP contribution in [0.5, 0.6) is 0 Å². The molecule has 0 aliphatic carbocycles. The Balaban J connectivity index is 1.58. The third kappa shape index (κ3) is 4.91. The average Bonchev–Trinajstić information content (AvgIpc) is 2.63. The van der Waals surface area contributed by atoms with Crippen molar-refractivity contribution in [3.63, 3.8) is 0 Å². The summed E-state index contributed by atoms with van der Waals surface area (Å²) in [5.41, 5.74) is 1.14. The number of halogens is 1. The van der Waals surface area contributed by atoms with Crippen LogP contribution in [0.15, 0.2) is 64.0 Å². The van der Waals surface area contributed by atoms with E-state index in [9.17, 15) is 8.42 Å². The number of hydrogen-bond donors (Lipinski definition) is 0. The summed E-state index contributed by atoms with van der Waals surface area (Å²) in [7, 11) is -3.43. The number of ether oxygens (including phenoxy) is 1. The van der Waals surface area contributed by atoms with Crippen LogP contribution < -0.4 is 0 Å². The Hall–Kier alpha value is -1.21. The lowest BCUT2D eigenvalue weighted by atomic mass is 10.0. The molecule has 0 saturated carbocycles. The van der Waals surface area contributed by atoms with Gasteiger partial charge in [0.1, 0.15) is 0 Å². The van der Waals surface area contributed by atoms with Gasteiger partial charge < -0.3 is 4.74 Å². The smallest absolute Gasteiger partial charge is 0.243 e. The van der Waals surface area contributed by atoms with Gasteiger partial charge in [0.25, 0.3) is 0 Å². The average molecular weight is 424 g/mol. The van der Waals surface area contributed by atoms with E-state index in [4.69, 9.17) is 4.74 Å². The molecule has 0 bridgehead atoms. The Morgan fingerprint density at radius 3 is 2.52 bits per heavy atom. The Labute approximate surface area is 158 Å². The van der Waals surface area contributed by atoms with Gasteiger partial charge in [0, 0.05) is 17.6 Å². The van der Waals surface area contributed by atoms with Crippen LogP contribution in [0, 0.1) is 5.92 Å². The van der Waals surface area contributed by atoms with E-state index < -0.39 is 10.0 Å². The fourth-order valence-electron chi connectivity index (χ4n) is 3.05. The molecule has 1 aliphatic rings. The van der Waals surface area contributed by atoms with Crippen molar-refractivity contribution in [3.8, 4) is 0 Å². The first-order valence-corrected chi connectivity index (χ1v) is 10.7. The minimum Gasteiger partial charge on any atom is -0.376 e. The van der Waals surface area contributed by atoms with E-state index in [1.165, 1.54) is 0 Å². The molecule has 6 heteroatoms. The first-order chi connectivity index (χ1) is 12.1. The summed E-state index contributed by atoms with van der Waals surface area (Å²) >= 11 is 3.34. The van der Waals surface area contributed by atoms with Crippen LogP contribution in [-0.2, 0) is 21.4 Å². The van der Waals surface area contributed by atoms with Crippen molar-refractivity contribution < 1.29 is 13.2 Å². The molecule has 25 heavy (non-hydrogen) atoms. The van der Waals surface area contributed by atoms with E-state index in [2.05, 4.69) is 15.9 Å². The summed E-state index contributed by atoms with van der Waals surface area (Å²) in [5, 5.41) is 0. The molecule has 0 N–H and O–H groups in total. The largest absolute Gasteiger partial charge is 0.376 e. The minimum absolute atomic E-state index is 0.239. The van der Waals surface area contributed by atoms with Gasteiger partial charge in [-0.2, -0.15) is 4.31 Å². The standard InChI is InChI=1S/C19H22BrNO3S/c20-18-8-10-19(11-9-18)25(22,23)21-12-4-7-17(13-21)15-24-14-16-5-2-1-3-6-16/h1-3,5-6,8-11,17H,4,7,12-15H2/t17-/m1/s1. The van der Waals surface area contributed by atoms with Crippen molar-refractivity contribution in [1.82, 2.24) is 4.31 Å². The lowest BCUT2D eigenvalue weighted by Gasteiger charge is -2.31. The van der Waals surface area contributed by atoms with Crippen LogP contribution in [-0.4, -0.2) is 32.4 Å². The molecule has 0 aromatic heterocycles. The van der Waals surface area contributed by atoms with Crippen LogP contribution >= 0.6 is 15.9 Å². The molecule has 0 amide bonds. The van der Waals surface area contributed by atoms with E-state index in [-0.39, 0.29) is 5.92 Å². The van der Waals surface area contributed by atoms with Gasteiger partial charge >= 0.3 is 0 Å². The van der Waals surface area contributed by atoms with Crippen LogP contribution in [0.1, 0.15) is 18.4 Å². The Kier molecular flexibility index (Phi) is 6.28. The van der Waals surface area contributed by atoms with Crippen LogP contribution in [0.2, 0.25) is 0 Å². The maximum absolute atomic E-state index is 12.8. The van der Waals surface area contributed by atoms with Crippen LogP contribution in [0.25, 0.3) is 0 Å². The molecule has 4 nitrogen and oxygen atoms in total. The second kappa shape index (κ2) is 8.45. The molecule has 0 spiro atoms. The monoisotopic (exact) mass is 423 g/mol. The quantitative estimate of drug-likeness (QED) is 0.703. The SMILES string of the molecule is O=S(=O)(c1ccc(Br)cc1)N1CCC[C@@H](COCc2ccccc2)C1. The zero-order chi connectivity index (χ0) is 17.7. The van der Waals surface area contributed by atoms with Gasteiger partial charge in [-0.3, -0.25) is 0 Å². The van der Waals surface area contributed by atoms with E-state index in [0.717, 1.165) is 22.9 Å². The van der Waals surface area contributed by atoms with Crippen LogP contribution in [0.4, 0.5) is 0 Å². The number of nitrogens with zero attached hydrogens (tertiary/aromatic N) is 1. The molecule has 2 aromatic rings. The fourth-order valence-corrected chi connectivity index (χ4v) is 4.87. The van der Waals surface area contributed by atoms with Gasteiger partial charge in [-0.05, 0) is 48.6 Å². The number of benzene rings is 2. The highest BCUT2D eigenvalue weighted by molar-refractivity contribution is 9.10. The van der Waals surface area contributed by atoms with Crippen molar-refractivity contribution in [2.75, 3.05) is 19.7 Å². The molecule has 1 heterocycles. The zero-order valence-corrected chi connectivity index (χ0v) is 16.4. The molecule has 3 rings (SSSR count). The predicted molar refractivity (Wildman–Crippen MR) is 102 cm³/mol. The first kappa shape index (κ1) is 18.6. The zero-order valence-electron chi connectivity index (χ0n) is 14.0. The number of rotatable bonds is 6. The van der Waals surface area contributed by atoms with E-state index >= 15 is 0 Å². The molecule has 1 aliphatic heterocycles. The van der Waals surface area contributed by atoms with Gasteiger partial charge in [0.2, 0.25) is 10.0 Å². The molecule has 0 unspecified atom stereocenters. The van der Waals surface area contributed by atoms with Gasteiger partial charge in [-0.25, -0.2) is 8.42 Å². The normalized spacial score (nSPS) is 19.0. The minimum atomic E-state index is -3.43. The Morgan fingerprint density at radius 1 is 1.08 bits per heavy atom. The molecule has 2 aromatic carbocycles. The van der Waals surface area contributed by atoms with Crippen LogP contribution in [0.3, 0.4) is 0 Å². The number of sulfonamides is 1. The van der Waals surface area contributed by atoms with E-state index in [0.29, 0.717) is 31.2 Å². The second-order valence-electron chi connectivity index (χ2n) is 6.33. The molecule has 134 valence electrons. The Morgan fingerprint density at radius 2 is 1.80 bits per heavy atom. The fraction of sp³-hybridized carbons (Fsp3) is 0.368. The second-order valence-corrected chi connectivity index (χ2v) is 9.18. The maximum atomic E-state index is 12.8. The Bertz CT molecular complexity index is 778. The highest BCUT2D eigenvalue weighted by Gasteiger charge is 2.30. The summed E-state index contributed by atoms with van der Waals surface area (Å²) in [6.07, 6.45) is 1.87. The highest BCUT2D eigenvalue weighted by atomic mass is 79.9. The molecule has 1 fully saturated rings. The third-order valence-electron chi connectivity index (χ3n) is 4.40. The van der Waals surface area contributed by atoms with Gasteiger partial charge in [-0.15, -0.1) is 0 Å². The van der Waals surface area contributed by atoms with Gasteiger partial charge in [0.15, 0.2) is 0 Å². The maximum Gasteiger partial charge on any atom is 0.243 e. The molecule has 1 atom stereocenters. The molecular weight excluding hydrogens is 402 g/mol. The first-order valence-electron chi connectivity index (χ1n) is 8.43. The van der Waals surface area contributed by atoms with Crippen molar-refractivity contribution in [2.24, 2.45) is 5.92 Å². The molecule has 0 radical (unpaired) electrons. The van der Waals surface area contributed by atoms with Crippen molar-refractivity contribution in [1.29, 1.82) is 0 Å². The number of hydrogen-bond acceptors (Lipinski definition) is 3. The van der Waals surface area contributed by atoms with Crippen molar-refractivity contribution in [3.05, 3.63) is 64.6 Å². The highest BCUT2D eigenvalue weighted by Crippen LogP contribution is 2.25. The van der Waals surface area contributed by atoms with E-state index in [1.807, 2.05) is 30.3 Å². The van der Waals surface area contributed by atoms with E-state index in [1.54, 1.807) is 28.6 Å². The summed E-state index contributed by atoms with van der Waals surface area (Å²) in [6, 6.07) is 16.8. The summed E-state index contributed by atoms with van der Waals surface area (Å²) in [4.78, 5) is 0.349. The molecular formula is C19H22BrNO3S. The summed E-state index contributed by atoms with van der Waals surface area (Å²) in [6.45, 7) is 2.25. The lowest BCUT2D eigenvalue weighted by molar-refractivity contribution is 0.0672. The third-order valence-corrected chi connectivity index (χ3v) is 6.81. The van der Waals surface area contributed by atoms with Gasteiger partial charge in [-0.1, -0.05) is 46.3 Å². The predicted octanol–water partition coefficient (Wildman–Crippen LogP) is 4.07. The van der Waals surface area contributed by atoms with Gasteiger partial charge in [0.05, 0.1) is 18.1 Å². The lowest BCUT2D eigenvalue weighted by Crippen LogP contribution is -2.41. The summed E-state index contributed by atoms with van der Waals surface area (Å²) in [5.74, 6) is 0.239. The molecule has 1 saturated heterocycles.